The van der Waals surface area contributed by atoms with E-state index in [-0.39, 0.29) is 11.3 Å². The summed E-state index contributed by atoms with van der Waals surface area (Å²) in [5.41, 5.74) is 1.25. The molecule has 0 radical (unpaired) electrons. The number of hydrogen-bond donors (Lipinski definition) is 0. The number of aromatic nitrogens is 2. The van der Waals surface area contributed by atoms with Gasteiger partial charge in [0, 0.05) is 33.2 Å². The van der Waals surface area contributed by atoms with Gasteiger partial charge in [0.05, 0.1) is 11.1 Å². The number of rotatable bonds is 5. The van der Waals surface area contributed by atoms with Gasteiger partial charge < -0.3 is 9.80 Å². The molecule has 0 aromatic carbocycles. The fraction of sp³-hybridized carbons (Fsp3) is 0.792. The Balaban J connectivity index is 1.42. The average molecular weight is 415 g/mol. The second-order valence-electron chi connectivity index (χ2n) is 10.4. The van der Waals surface area contributed by atoms with Crippen molar-refractivity contribution in [3.05, 3.63) is 17.5 Å². The third-order valence-electron chi connectivity index (χ3n) is 7.44. The van der Waals surface area contributed by atoms with Crippen LogP contribution in [0, 0.1) is 17.3 Å². The number of nitrogens with zero attached hydrogens (tertiary/aromatic N) is 4. The van der Waals surface area contributed by atoms with Crippen LogP contribution in [-0.4, -0.2) is 57.6 Å². The van der Waals surface area contributed by atoms with E-state index in [9.17, 15) is 9.59 Å². The minimum atomic E-state index is -0.359. The molecule has 2 amide bonds. The molecule has 1 saturated carbocycles. The lowest BCUT2D eigenvalue weighted by molar-refractivity contribution is -0.146. The molecule has 0 bridgehead atoms. The normalized spacial score (nSPS) is 25.7. The quantitative estimate of drug-likeness (QED) is 0.739. The fourth-order valence-corrected chi connectivity index (χ4v) is 5.84. The Morgan fingerprint density at radius 2 is 1.93 bits per heavy atom. The third kappa shape index (κ3) is 4.28. The molecule has 3 heterocycles. The van der Waals surface area contributed by atoms with E-state index in [2.05, 4.69) is 23.8 Å². The van der Waals surface area contributed by atoms with Crippen molar-refractivity contribution in [1.82, 2.24) is 19.6 Å². The van der Waals surface area contributed by atoms with Gasteiger partial charge in [-0.1, -0.05) is 33.1 Å². The van der Waals surface area contributed by atoms with Crippen LogP contribution in [0.25, 0.3) is 0 Å². The van der Waals surface area contributed by atoms with Gasteiger partial charge in [0.25, 0.3) is 5.91 Å². The van der Waals surface area contributed by atoms with Gasteiger partial charge in [-0.05, 0) is 56.4 Å². The largest absolute Gasteiger partial charge is 0.342 e. The van der Waals surface area contributed by atoms with E-state index in [1.165, 1.54) is 32.1 Å². The highest BCUT2D eigenvalue weighted by Crippen LogP contribution is 2.41. The number of carbonyl (C=O) groups is 2. The molecule has 1 aliphatic carbocycles. The predicted octanol–water partition coefficient (Wildman–Crippen LogP) is 3.65. The second kappa shape index (κ2) is 8.72. The summed E-state index contributed by atoms with van der Waals surface area (Å²) in [6.07, 6.45) is 10.1. The molecule has 1 spiro atoms. The van der Waals surface area contributed by atoms with Gasteiger partial charge in [0.2, 0.25) is 5.91 Å². The maximum Gasteiger partial charge on any atom is 0.272 e. The first-order valence-corrected chi connectivity index (χ1v) is 12.0. The maximum atomic E-state index is 13.5. The Hall–Kier alpha value is -1.85. The number of hydrogen-bond acceptors (Lipinski definition) is 3. The Morgan fingerprint density at radius 1 is 1.17 bits per heavy atom. The van der Waals surface area contributed by atoms with Gasteiger partial charge in [-0.3, -0.25) is 14.3 Å². The molecule has 1 aromatic rings. The molecule has 0 unspecified atom stereocenters. The minimum absolute atomic E-state index is 0.0223. The average Bonchev–Trinajstić information content (AvgIpc) is 3.30. The maximum absolute atomic E-state index is 13.5. The lowest BCUT2D eigenvalue weighted by atomic mass is 9.77. The molecule has 2 aliphatic heterocycles. The Labute approximate surface area is 181 Å². The van der Waals surface area contributed by atoms with E-state index in [0.717, 1.165) is 44.5 Å². The molecule has 0 N–H and O–H groups in total. The highest BCUT2D eigenvalue weighted by molar-refractivity contribution is 5.94. The van der Waals surface area contributed by atoms with E-state index in [1.807, 2.05) is 18.0 Å². The van der Waals surface area contributed by atoms with Crippen molar-refractivity contribution < 1.29 is 9.59 Å². The van der Waals surface area contributed by atoms with Crippen LogP contribution >= 0.6 is 0 Å². The number of carbonyl (C=O) groups excluding carboxylic acids is 2. The molecule has 4 rings (SSSR count). The number of aryl methyl sites for hydroxylation is 1. The van der Waals surface area contributed by atoms with Gasteiger partial charge in [0.15, 0.2) is 0 Å². The molecular weight excluding hydrogens is 376 g/mol. The second-order valence-corrected chi connectivity index (χ2v) is 10.4. The van der Waals surface area contributed by atoms with Crippen LogP contribution in [0.5, 0.6) is 0 Å². The highest BCUT2D eigenvalue weighted by atomic mass is 16.2. The van der Waals surface area contributed by atoms with Gasteiger partial charge in [0.1, 0.15) is 5.69 Å². The molecule has 1 aromatic heterocycles. The smallest absolute Gasteiger partial charge is 0.272 e. The molecule has 2 saturated heterocycles. The van der Waals surface area contributed by atoms with Crippen LogP contribution in [0.1, 0.15) is 81.4 Å². The molecule has 6 nitrogen and oxygen atoms in total. The molecular formula is C24H38N4O2. The van der Waals surface area contributed by atoms with E-state index < -0.39 is 0 Å². The number of likely N-dealkylation sites (tertiary alicyclic amines) is 2. The van der Waals surface area contributed by atoms with Gasteiger partial charge in [-0.25, -0.2) is 0 Å². The summed E-state index contributed by atoms with van der Waals surface area (Å²) in [5.74, 6) is 1.51. The lowest BCUT2D eigenvalue weighted by Gasteiger charge is -2.41. The fourth-order valence-electron chi connectivity index (χ4n) is 5.84. The minimum Gasteiger partial charge on any atom is -0.342 e. The van der Waals surface area contributed by atoms with Crippen molar-refractivity contribution in [3.8, 4) is 0 Å². The summed E-state index contributed by atoms with van der Waals surface area (Å²) in [6.45, 7) is 7.38. The molecule has 3 fully saturated rings. The van der Waals surface area contributed by atoms with Gasteiger partial charge in [-0.2, -0.15) is 5.10 Å². The first kappa shape index (κ1) is 21.4. The third-order valence-corrected chi connectivity index (χ3v) is 7.44. The van der Waals surface area contributed by atoms with Crippen LogP contribution in [0.4, 0.5) is 0 Å². The highest BCUT2D eigenvalue weighted by Gasteiger charge is 2.49. The van der Waals surface area contributed by atoms with Crippen molar-refractivity contribution in [3.63, 3.8) is 0 Å². The van der Waals surface area contributed by atoms with E-state index in [1.54, 1.807) is 4.68 Å². The van der Waals surface area contributed by atoms with Gasteiger partial charge >= 0.3 is 0 Å². The van der Waals surface area contributed by atoms with Crippen LogP contribution < -0.4 is 0 Å². The van der Waals surface area contributed by atoms with Gasteiger partial charge in [-0.15, -0.1) is 0 Å². The van der Waals surface area contributed by atoms with Crippen LogP contribution in [0.15, 0.2) is 6.07 Å². The predicted molar refractivity (Wildman–Crippen MR) is 117 cm³/mol. The van der Waals surface area contributed by atoms with E-state index in [4.69, 9.17) is 0 Å². The summed E-state index contributed by atoms with van der Waals surface area (Å²) in [7, 11) is 1.85. The Kier molecular flexibility index (Phi) is 6.21. The first-order chi connectivity index (χ1) is 14.4. The molecule has 166 valence electrons. The summed E-state index contributed by atoms with van der Waals surface area (Å²) < 4.78 is 1.71. The van der Waals surface area contributed by atoms with E-state index >= 15 is 0 Å². The van der Waals surface area contributed by atoms with E-state index in [0.29, 0.717) is 36.5 Å². The standard InChI is InChI=1S/C24H38N4O2/c1-18(2)14-20-15-21(26(3)25-20)22(29)28-13-11-24(17-28)10-7-12-27(23(24)30)16-19-8-5-4-6-9-19/h15,18-19H,4-14,16-17H2,1-3H3/t24-/m0/s1. The summed E-state index contributed by atoms with van der Waals surface area (Å²) >= 11 is 0. The van der Waals surface area contributed by atoms with Crippen molar-refractivity contribution in [2.75, 3.05) is 26.2 Å². The van der Waals surface area contributed by atoms with Crippen LogP contribution in [0.2, 0.25) is 0 Å². The molecule has 1 atom stereocenters. The van der Waals surface area contributed by atoms with Crippen molar-refractivity contribution in [2.24, 2.45) is 24.3 Å². The molecule has 30 heavy (non-hydrogen) atoms. The van der Waals surface area contributed by atoms with Crippen LogP contribution in [0.3, 0.4) is 0 Å². The zero-order valence-electron chi connectivity index (χ0n) is 19.0. The van der Waals surface area contributed by atoms with Crippen molar-refractivity contribution >= 4 is 11.8 Å². The van der Waals surface area contributed by atoms with Crippen molar-refractivity contribution in [1.29, 1.82) is 0 Å². The number of piperidine rings is 1. The molecule has 3 aliphatic rings. The van der Waals surface area contributed by atoms with Crippen molar-refractivity contribution in [2.45, 2.75) is 71.6 Å². The topological polar surface area (TPSA) is 58.4 Å². The monoisotopic (exact) mass is 414 g/mol. The summed E-state index contributed by atoms with van der Waals surface area (Å²) in [4.78, 5) is 30.8. The van der Waals surface area contributed by atoms with Crippen LogP contribution in [-0.2, 0) is 18.3 Å². The SMILES string of the molecule is CC(C)Cc1cc(C(=O)N2CC[C@@]3(CCCN(CC4CCCCC4)C3=O)C2)n(C)n1. The molecule has 6 heteroatoms. The lowest BCUT2D eigenvalue weighted by Crippen LogP contribution is -2.51. The zero-order chi connectivity index (χ0) is 21.3. The zero-order valence-corrected chi connectivity index (χ0v) is 19.0. The summed E-state index contributed by atoms with van der Waals surface area (Å²) in [5, 5.41) is 4.53. The Morgan fingerprint density at radius 3 is 2.67 bits per heavy atom. The Bertz CT molecular complexity index is 780. The number of amides is 2. The summed E-state index contributed by atoms with van der Waals surface area (Å²) in [6, 6.07) is 1.94. The first-order valence-electron chi connectivity index (χ1n) is 12.0.